The molecule has 0 aliphatic carbocycles. The maximum absolute atomic E-state index is 12.8. The molecular formula is C21H23NO3. The quantitative estimate of drug-likeness (QED) is 0.860. The molecule has 0 radical (unpaired) electrons. The molecule has 2 aromatic rings. The Balaban J connectivity index is 1.42. The van der Waals surface area contributed by atoms with Crippen molar-refractivity contribution in [3.8, 4) is 11.5 Å². The predicted octanol–water partition coefficient (Wildman–Crippen LogP) is 3.54. The molecule has 0 bridgehead atoms. The third kappa shape index (κ3) is 3.34. The van der Waals surface area contributed by atoms with Gasteiger partial charge < -0.3 is 14.4 Å². The highest BCUT2D eigenvalue weighted by Gasteiger charge is 2.23. The van der Waals surface area contributed by atoms with E-state index in [0.29, 0.717) is 19.6 Å². The Labute approximate surface area is 148 Å². The van der Waals surface area contributed by atoms with Gasteiger partial charge in [-0.15, -0.1) is 0 Å². The van der Waals surface area contributed by atoms with E-state index in [1.165, 1.54) is 11.1 Å². The summed E-state index contributed by atoms with van der Waals surface area (Å²) < 4.78 is 11.2. The number of carbonyl (C=O) groups excluding carboxylic acids is 1. The van der Waals surface area contributed by atoms with Gasteiger partial charge in [0.15, 0.2) is 11.5 Å². The van der Waals surface area contributed by atoms with Crippen LogP contribution in [0.4, 0.5) is 0 Å². The van der Waals surface area contributed by atoms with Crippen LogP contribution in [0.2, 0.25) is 0 Å². The summed E-state index contributed by atoms with van der Waals surface area (Å²) in [6, 6.07) is 14.4. The molecule has 2 aliphatic rings. The molecule has 0 fully saturated rings. The van der Waals surface area contributed by atoms with Gasteiger partial charge in [-0.25, -0.2) is 0 Å². The van der Waals surface area contributed by atoms with Crippen LogP contribution in [-0.4, -0.2) is 30.6 Å². The van der Waals surface area contributed by atoms with Gasteiger partial charge in [-0.3, -0.25) is 4.79 Å². The lowest BCUT2D eigenvalue weighted by Gasteiger charge is -2.30. The minimum atomic E-state index is 0.153. The average molecular weight is 337 g/mol. The fraction of sp³-hybridized carbons (Fsp3) is 0.381. The van der Waals surface area contributed by atoms with Gasteiger partial charge in [0, 0.05) is 19.5 Å². The lowest BCUT2D eigenvalue weighted by Crippen LogP contribution is -2.36. The fourth-order valence-electron chi connectivity index (χ4n) is 3.58. The topological polar surface area (TPSA) is 38.8 Å². The van der Waals surface area contributed by atoms with E-state index < -0.39 is 0 Å². The van der Waals surface area contributed by atoms with Crippen LogP contribution in [0, 0.1) is 0 Å². The highest BCUT2D eigenvalue weighted by Crippen LogP contribution is 2.34. The van der Waals surface area contributed by atoms with Crippen molar-refractivity contribution in [1.82, 2.24) is 4.90 Å². The zero-order valence-electron chi connectivity index (χ0n) is 14.5. The molecular weight excluding hydrogens is 314 g/mol. The van der Waals surface area contributed by atoms with Gasteiger partial charge in [-0.2, -0.15) is 0 Å². The van der Waals surface area contributed by atoms with E-state index in [0.717, 1.165) is 36.6 Å². The summed E-state index contributed by atoms with van der Waals surface area (Å²) in [7, 11) is 0. The Bertz CT molecular complexity index is 786. The first kappa shape index (κ1) is 16.0. The molecule has 2 heterocycles. The van der Waals surface area contributed by atoms with Gasteiger partial charge in [0.1, 0.15) is 13.2 Å². The van der Waals surface area contributed by atoms with Crippen LogP contribution in [0.5, 0.6) is 11.5 Å². The number of amides is 1. The zero-order valence-corrected chi connectivity index (χ0v) is 14.5. The second-order valence-electron chi connectivity index (χ2n) is 6.84. The normalized spacial score (nSPS) is 16.9. The molecule has 0 N–H and O–H groups in total. The lowest BCUT2D eigenvalue weighted by molar-refractivity contribution is -0.132. The summed E-state index contributed by atoms with van der Waals surface area (Å²) in [6.45, 7) is 4.81. The summed E-state index contributed by atoms with van der Waals surface area (Å²) in [5, 5.41) is 0. The number of hydrogen-bond acceptors (Lipinski definition) is 3. The van der Waals surface area contributed by atoms with E-state index in [2.05, 4.69) is 25.1 Å². The van der Waals surface area contributed by atoms with Crippen LogP contribution in [0.1, 0.15) is 36.0 Å². The predicted molar refractivity (Wildman–Crippen MR) is 96.0 cm³/mol. The van der Waals surface area contributed by atoms with E-state index in [1.54, 1.807) is 0 Å². The van der Waals surface area contributed by atoms with E-state index in [4.69, 9.17) is 9.47 Å². The minimum Gasteiger partial charge on any atom is -0.486 e. The number of nitrogens with zero attached hydrogens (tertiary/aromatic N) is 1. The van der Waals surface area contributed by atoms with Crippen LogP contribution >= 0.6 is 0 Å². The van der Waals surface area contributed by atoms with Crippen LogP contribution in [-0.2, 0) is 17.8 Å². The van der Waals surface area contributed by atoms with Gasteiger partial charge in [0.25, 0.3) is 0 Å². The van der Waals surface area contributed by atoms with Gasteiger partial charge in [-0.05, 0) is 41.2 Å². The molecule has 1 unspecified atom stereocenters. The Morgan fingerprint density at radius 1 is 1.08 bits per heavy atom. The van der Waals surface area contributed by atoms with Crippen LogP contribution in [0.25, 0.3) is 0 Å². The second-order valence-corrected chi connectivity index (χ2v) is 6.84. The standard InChI is InChI=1S/C21H23NO3/c1-15(17-6-7-19-20(13-17)25-11-10-24-19)12-21(23)22-9-8-16-4-2-3-5-18(16)14-22/h2-7,13,15H,8-12,14H2,1H3. The van der Waals surface area contributed by atoms with Crippen molar-refractivity contribution in [3.63, 3.8) is 0 Å². The van der Waals surface area contributed by atoms with Crippen molar-refractivity contribution in [2.45, 2.75) is 32.2 Å². The van der Waals surface area contributed by atoms with Crippen molar-refractivity contribution >= 4 is 5.91 Å². The summed E-state index contributed by atoms with van der Waals surface area (Å²) >= 11 is 0. The largest absolute Gasteiger partial charge is 0.486 e. The molecule has 4 heteroatoms. The highest BCUT2D eigenvalue weighted by molar-refractivity contribution is 5.77. The Morgan fingerprint density at radius 3 is 2.68 bits per heavy atom. The maximum atomic E-state index is 12.8. The Morgan fingerprint density at radius 2 is 1.84 bits per heavy atom. The molecule has 130 valence electrons. The maximum Gasteiger partial charge on any atom is 0.223 e. The molecule has 2 aliphatic heterocycles. The molecule has 25 heavy (non-hydrogen) atoms. The molecule has 0 spiro atoms. The third-order valence-corrected chi connectivity index (χ3v) is 5.10. The number of benzene rings is 2. The summed E-state index contributed by atoms with van der Waals surface area (Å²) in [4.78, 5) is 14.7. The van der Waals surface area contributed by atoms with E-state index in [9.17, 15) is 4.79 Å². The van der Waals surface area contributed by atoms with Crippen LogP contribution in [0.3, 0.4) is 0 Å². The van der Waals surface area contributed by atoms with Gasteiger partial charge in [0.2, 0.25) is 5.91 Å². The van der Waals surface area contributed by atoms with E-state index in [-0.39, 0.29) is 11.8 Å². The second kappa shape index (κ2) is 6.79. The fourth-order valence-corrected chi connectivity index (χ4v) is 3.58. The smallest absolute Gasteiger partial charge is 0.223 e. The molecule has 0 aromatic heterocycles. The SMILES string of the molecule is CC(CC(=O)N1CCc2ccccc2C1)c1ccc2c(c1)OCCO2. The molecule has 2 aromatic carbocycles. The number of hydrogen-bond donors (Lipinski definition) is 0. The third-order valence-electron chi connectivity index (χ3n) is 5.10. The monoisotopic (exact) mass is 337 g/mol. The van der Waals surface area contributed by atoms with Crippen molar-refractivity contribution in [3.05, 3.63) is 59.2 Å². The first-order chi connectivity index (χ1) is 12.2. The Hall–Kier alpha value is -2.49. The van der Waals surface area contributed by atoms with E-state index in [1.807, 2.05) is 29.2 Å². The minimum absolute atomic E-state index is 0.153. The molecule has 0 saturated heterocycles. The van der Waals surface area contributed by atoms with Crippen molar-refractivity contribution in [2.24, 2.45) is 0 Å². The zero-order chi connectivity index (χ0) is 17.2. The van der Waals surface area contributed by atoms with Crippen LogP contribution < -0.4 is 9.47 Å². The van der Waals surface area contributed by atoms with Crippen molar-refractivity contribution in [1.29, 1.82) is 0 Å². The first-order valence-electron chi connectivity index (χ1n) is 8.95. The summed E-state index contributed by atoms with van der Waals surface area (Å²) in [6.07, 6.45) is 1.46. The summed E-state index contributed by atoms with van der Waals surface area (Å²) in [5.41, 5.74) is 3.76. The molecule has 4 nitrogen and oxygen atoms in total. The van der Waals surface area contributed by atoms with Gasteiger partial charge >= 0.3 is 0 Å². The van der Waals surface area contributed by atoms with Crippen molar-refractivity contribution in [2.75, 3.05) is 19.8 Å². The summed E-state index contributed by atoms with van der Waals surface area (Å²) in [5.74, 6) is 1.95. The Kier molecular flexibility index (Phi) is 4.35. The van der Waals surface area contributed by atoms with Crippen LogP contribution in [0.15, 0.2) is 42.5 Å². The van der Waals surface area contributed by atoms with E-state index >= 15 is 0 Å². The lowest BCUT2D eigenvalue weighted by atomic mass is 9.95. The number of fused-ring (bicyclic) bond motifs is 2. The number of rotatable bonds is 3. The first-order valence-corrected chi connectivity index (χ1v) is 8.95. The number of carbonyl (C=O) groups is 1. The van der Waals surface area contributed by atoms with Gasteiger partial charge in [-0.1, -0.05) is 37.3 Å². The van der Waals surface area contributed by atoms with Crippen molar-refractivity contribution < 1.29 is 14.3 Å². The number of ether oxygens (including phenoxy) is 2. The molecule has 0 saturated carbocycles. The molecule has 4 rings (SSSR count). The van der Waals surface area contributed by atoms with Gasteiger partial charge in [0.05, 0.1) is 0 Å². The average Bonchev–Trinajstić information content (AvgIpc) is 2.67. The highest BCUT2D eigenvalue weighted by atomic mass is 16.6. The molecule has 1 amide bonds. The molecule has 1 atom stereocenters.